The molecule has 3 amide bonds. The highest BCUT2D eigenvalue weighted by Gasteiger charge is 2.28. The van der Waals surface area contributed by atoms with Crippen molar-refractivity contribution in [1.82, 2.24) is 15.2 Å². The fourth-order valence-electron chi connectivity index (χ4n) is 4.46. The quantitative estimate of drug-likeness (QED) is 0.468. The average Bonchev–Trinajstić information content (AvgIpc) is 3.62. The largest absolute Gasteiger partial charge is 0.383 e. The number of ether oxygens (including phenoxy) is 2. The van der Waals surface area contributed by atoms with E-state index in [1.165, 1.54) is 11.3 Å². The van der Waals surface area contributed by atoms with Crippen LogP contribution in [0.25, 0.3) is 0 Å². The van der Waals surface area contributed by atoms with Crippen LogP contribution in [0.15, 0.2) is 23.6 Å². The van der Waals surface area contributed by atoms with E-state index >= 15 is 0 Å². The number of nitrogens with zero attached hydrogens (tertiary/aromatic N) is 3. The second-order valence-corrected chi connectivity index (χ2v) is 9.94. The maximum absolute atomic E-state index is 13.0. The number of amides is 3. The number of rotatable bonds is 10. The first kappa shape index (κ1) is 26.1. The Bertz CT molecular complexity index is 1110. The zero-order valence-electron chi connectivity index (χ0n) is 20.9. The first-order valence-electron chi connectivity index (χ1n) is 12.1. The van der Waals surface area contributed by atoms with Gasteiger partial charge in [-0.25, -0.2) is 4.98 Å². The Balaban J connectivity index is 1.51. The van der Waals surface area contributed by atoms with Crippen molar-refractivity contribution in [3.63, 3.8) is 0 Å². The van der Waals surface area contributed by atoms with Gasteiger partial charge < -0.3 is 29.9 Å². The molecular formula is C25H33N5O5S. The maximum atomic E-state index is 13.0. The average molecular weight is 516 g/mol. The molecule has 1 aromatic carbocycles. The van der Waals surface area contributed by atoms with E-state index < -0.39 is 0 Å². The molecule has 194 valence electrons. The minimum Gasteiger partial charge on any atom is -0.383 e. The van der Waals surface area contributed by atoms with Gasteiger partial charge in [0.15, 0.2) is 5.13 Å². The van der Waals surface area contributed by atoms with Gasteiger partial charge in [-0.3, -0.25) is 14.4 Å². The van der Waals surface area contributed by atoms with Crippen molar-refractivity contribution in [3.05, 3.63) is 40.4 Å². The molecule has 2 fully saturated rings. The molecule has 0 radical (unpaired) electrons. The Morgan fingerprint density at radius 2 is 2.06 bits per heavy atom. The summed E-state index contributed by atoms with van der Waals surface area (Å²) in [6.45, 7) is 4.73. The molecule has 2 N–H and O–H groups in total. The fraction of sp³-hybridized carbons (Fsp3) is 0.520. The lowest BCUT2D eigenvalue weighted by molar-refractivity contribution is -0.129. The van der Waals surface area contributed by atoms with Crippen molar-refractivity contribution in [2.45, 2.75) is 44.9 Å². The van der Waals surface area contributed by atoms with Crippen molar-refractivity contribution in [1.29, 1.82) is 0 Å². The monoisotopic (exact) mass is 515 g/mol. The number of hydrogen-bond acceptors (Lipinski definition) is 8. The van der Waals surface area contributed by atoms with Crippen LogP contribution >= 0.6 is 11.3 Å². The third-order valence-corrected chi connectivity index (χ3v) is 7.52. The van der Waals surface area contributed by atoms with Gasteiger partial charge in [0.1, 0.15) is 5.69 Å². The molecule has 0 spiro atoms. The Kier molecular flexibility index (Phi) is 8.55. The number of hydrogen-bond donors (Lipinski definition) is 2. The third-order valence-electron chi connectivity index (χ3n) is 6.62. The summed E-state index contributed by atoms with van der Waals surface area (Å²) in [4.78, 5) is 46.7. The molecule has 2 atom stereocenters. The van der Waals surface area contributed by atoms with E-state index in [2.05, 4.69) is 20.5 Å². The number of likely N-dealkylation sites (tertiary alicyclic amines) is 1. The van der Waals surface area contributed by atoms with Gasteiger partial charge in [-0.2, -0.15) is 0 Å². The summed E-state index contributed by atoms with van der Waals surface area (Å²) in [5.74, 6) is -0.603. The maximum Gasteiger partial charge on any atom is 0.275 e. The molecule has 2 aromatic rings. The molecule has 2 aliphatic rings. The van der Waals surface area contributed by atoms with Gasteiger partial charge >= 0.3 is 0 Å². The second kappa shape index (κ2) is 11.8. The van der Waals surface area contributed by atoms with Crippen LogP contribution in [0, 0.1) is 0 Å². The van der Waals surface area contributed by atoms with Gasteiger partial charge in [-0.05, 0) is 37.5 Å². The molecule has 10 nitrogen and oxygen atoms in total. The Morgan fingerprint density at radius 1 is 1.22 bits per heavy atom. The van der Waals surface area contributed by atoms with E-state index in [0.717, 1.165) is 36.6 Å². The summed E-state index contributed by atoms with van der Waals surface area (Å²) in [5, 5.41) is 8.16. The van der Waals surface area contributed by atoms with Crippen molar-refractivity contribution < 1.29 is 23.9 Å². The molecule has 11 heteroatoms. The molecule has 0 bridgehead atoms. The minimum atomic E-state index is -0.387. The summed E-state index contributed by atoms with van der Waals surface area (Å²) in [6, 6.07) is 5.43. The summed E-state index contributed by atoms with van der Waals surface area (Å²) >= 11 is 1.41. The molecule has 0 saturated carbocycles. The van der Waals surface area contributed by atoms with Crippen LogP contribution in [0.3, 0.4) is 0 Å². The molecular weight excluding hydrogens is 482 g/mol. The van der Waals surface area contributed by atoms with Gasteiger partial charge in [-0.15, -0.1) is 11.3 Å². The number of aromatic nitrogens is 1. The van der Waals surface area contributed by atoms with Crippen LogP contribution in [0.4, 0.5) is 10.8 Å². The van der Waals surface area contributed by atoms with Crippen LogP contribution in [-0.2, 0) is 20.8 Å². The molecule has 3 heterocycles. The molecule has 1 unspecified atom stereocenters. The number of carbonyl (C=O) groups excluding carboxylic acids is 3. The molecule has 2 aliphatic heterocycles. The first-order valence-corrected chi connectivity index (χ1v) is 13.0. The number of thiazole rings is 1. The number of carbonyl (C=O) groups is 3. The summed E-state index contributed by atoms with van der Waals surface area (Å²) in [7, 11) is 3.26. The number of anilines is 2. The second-order valence-electron chi connectivity index (χ2n) is 9.10. The lowest BCUT2D eigenvalue weighted by Gasteiger charge is -2.22. The van der Waals surface area contributed by atoms with E-state index in [4.69, 9.17) is 9.47 Å². The highest BCUT2D eigenvalue weighted by molar-refractivity contribution is 7.14. The van der Waals surface area contributed by atoms with E-state index in [1.807, 2.05) is 17.9 Å². The van der Waals surface area contributed by atoms with Crippen LogP contribution in [0.2, 0.25) is 0 Å². The standard InChI is InChI=1S/C25H33N5O5S/c1-16-4-7-22(31)30(16)13-17-5-6-20(19(12-17)23(32)26-9-11-34-2)27-24(33)21-15-36-25(28-21)29-10-8-18(14-29)35-3/h5-6,12,15-16,18H,4,7-11,13-14H2,1-3H3,(H,26,32)(H,27,33)/t16?,18-/m0/s1. The highest BCUT2D eigenvalue weighted by atomic mass is 32.1. The van der Waals surface area contributed by atoms with Gasteiger partial charge in [-0.1, -0.05) is 6.07 Å². The normalized spacial score (nSPS) is 19.7. The van der Waals surface area contributed by atoms with Crippen molar-refractivity contribution in [3.8, 4) is 0 Å². The van der Waals surface area contributed by atoms with Gasteiger partial charge in [0.05, 0.1) is 24.0 Å². The summed E-state index contributed by atoms with van der Waals surface area (Å²) < 4.78 is 10.4. The van der Waals surface area contributed by atoms with Crippen LogP contribution in [0.1, 0.15) is 52.6 Å². The van der Waals surface area contributed by atoms with Crippen molar-refractivity contribution >= 4 is 39.9 Å². The van der Waals surface area contributed by atoms with Crippen molar-refractivity contribution in [2.75, 3.05) is 50.7 Å². The number of methoxy groups -OCH3 is 2. The van der Waals surface area contributed by atoms with Gasteiger partial charge in [0, 0.05) is 58.2 Å². The fourth-order valence-corrected chi connectivity index (χ4v) is 5.30. The molecule has 4 rings (SSSR count). The molecule has 1 aromatic heterocycles. The smallest absolute Gasteiger partial charge is 0.275 e. The number of benzene rings is 1. The van der Waals surface area contributed by atoms with E-state index in [9.17, 15) is 14.4 Å². The Morgan fingerprint density at radius 3 is 2.75 bits per heavy atom. The molecule has 36 heavy (non-hydrogen) atoms. The number of nitrogens with one attached hydrogen (secondary N) is 2. The molecule has 0 aliphatic carbocycles. The van der Waals surface area contributed by atoms with E-state index in [-0.39, 0.29) is 29.9 Å². The Labute approximate surface area is 215 Å². The summed E-state index contributed by atoms with van der Waals surface area (Å²) in [5.41, 5.74) is 1.83. The van der Waals surface area contributed by atoms with Crippen LogP contribution in [-0.4, -0.2) is 80.2 Å². The topological polar surface area (TPSA) is 113 Å². The predicted octanol–water partition coefficient (Wildman–Crippen LogP) is 2.51. The summed E-state index contributed by atoms with van der Waals surface area (Å²) in [6.07, 6.45) is 2.46. The zero-order chi connectivity index (χ0) is 25.7. The molecule has 2 saturated heterocycles. The van der Waals surface area contributed by atoms with Crippen LogP contribution < -0.4 is 15.5 Å². The van der Waals surface area contributed by atoms with Gasteiger partial charge in [0.25, 0.3) is 11.8 Å². The van der Waals surface area contributed by atoms with Crippen molar-refractivity contribution in [2.24, 2.45) is 0 Å². The zero-order valence-corrected chi connectivity index (χ0v) is 21.7. The SMILES string of the molecule is COCCNC(=O)c1cc(CN2C(=O)CCC2C)ccc1NC(=O)c1csc(N2CC[C@H](OC)C2)n1. The minimum absolute atomic E-state index is 0.111. The first-order chi connectivity index (χ1) is 17.4. The lowest BCUT2D eigenvalue weighted by Crippen LogP contribution is -2.31. The Hall–Kier alpha value is -3.02. The lowest BCUT2D eigenvalue weighted by atomic mass is 10.1. The van der Waals surface area contributed by atoms with Gasteiger partial charge in [0.2, 0.25) is 5.91 Å². The van der Waals surface area contributed by atoms with E-state index in [0.29, 0.717) is 43.1 Å². The van der Waals surface area contributed by atoms with Crippen LogP contribution in [0.5, 0.6) is 0 Å². The third kappa shape index (κ3) is 6.03. The predicted molar refractivity (Wildman–Crippen MR) is 138 cm³/mol. The highest BCUT2D eigenvalue weighted by Crippen LogP contribution is 2.27. The van der Waals surface area contributed by atoms with E-state index in [1.54, 1.807) is 31.7 Å².